The van der Waals surface area contributed by atoms with Crippen LogP contribution in [0.2, 0.25) is 0 Å². The van der Waals surface area contributed by atoms with Crippen LogP contribution in [-0.2, 0) is 14.4 Å². The maximum Gasteiger partial charge on any atom is 0.307 e. The molecule has 2 unspecified atom stereocenters. The lowest BCUT2D eigenvalue weighted by Gasteiger charge is -2.35. The van der Waals surface area contributed by atoms with Gasteiger partial charge in [0.2, 0.25) is 11.8 Å². The zero-order valence-corrected chi connectivity index (χ0v) is 10.8. The molecule has 0 aromatic carbocycles. The molecule has 1 fully saturated rings. The minimum Gasteiger partial charge on any atom is -0.481 e. The van der Waals surface area contributed by atoms with E-state index in [2.05, 4.69) is 5.32 Å². The van der Waals surface area contributed by atoms with Crippen LogP contribution in [0.15, 0.2) is 0 Å². The second-order valence-electron chi connectivity index (χ2n) is 4.43. The van der Waals surface area contributed by atoms with E-state index in [9.17, 15) is 14.4 Å². The van der Waals surface area contributed by atoms with Crippen LogP contribution in [0.4, 0.5) is 0 Å². The maximum absolute atomic E-state index is 12.1. The molecular weight excluding hydrogens is 236 g/mol. The number of carboxylic acids is 1. The largest absolute Gasteiger partial charge is 0.481 e. The van der Waals surface area contributed by atoms with Gasteiger partial charge in [0.25, 0.3) is 0 Å². The van der Waals surface area contributed by atoms with E-state index in [0.717, 1.165) is 0 Å². The Morgan fingerprint density at radius 1 is 1.22 bits per heavy atom. The zero-order valence-electron chi connectivity index (χ0n) is 10.8. The summed E-state index contributed by atoms with van der Waals surface area (Å²) in [5.74, 6) is -2.40. The molecule has 0 aromatic rings. The van der Waals surface area contributed by atoms with Crippen LogP contribution in [-0.4, -0.2) is 47.4 Å². The molecule has 0 radical (unpaired) electrons. The van der Waals surface area contributed by atoms with Crippen molar-refractivity contribution in [3.05, 3.63) is 0 Å². The van der Waals surface area contributed by atoms with Gasteiger partial charge in [0, 0.05) is 13.1 Å². The van der Waals surface area contributed by atoms with E-state index in [1.54, 1.807) is 6.92 Å². The SMILES string of the molecule is CCNC(=O)CN(CC)C(=O)C1CCC1C(=O)O. The molecule has 1 saturated carbocycles. The molecular formula is C12H20N2O4. The van der Waals surface area contributed by atoms with Crippen molar-refractivity contribution in [3.8, 4) is 0 Å². The number of aliphatic carboxylic acids is 1. The third-order valence-electron chi connectivity index (χ3n) is 3.31. The lowest BCUT2D eigenvalue weighted by molar-refractivity contribution is -0.157. The minimum atomic E-state index is -0.923. The number of carboxylic acid groups (broad SMARTS) is 1. The maximum atomic E-state index is 12.1. The quantitative estimate of drug-likeness (QED) is 0.704. The Hall–Kier alpha value is -1.59. The fraction of sp³-hybridized carbons (Fsp3) is 0.750. The highest BCUT2D eigenvalue weighted by Crippen LogP contribution is 2.35. The number of rotatable bonds is 6. The molecule has 102 valence electrons. The predicted octanol–water partition coefficient (Wildman–Crippen LogP) is 0.0818. The van der Waals surface area contributed by atoms with Crippen molar-refractivity contribution < 1.29 is 19.5 Å². The lowest BCUT2D eigenvalue weighted by Crippen LogP contribution is -2.49. The molecule has 6 heteroatoms. The zero-order chi connectivity index (χ0) is 13.7. The number of nitrogens with one attached hydrogen (secondary N) is 1. The number of nitrogens with zero attached hydrogens (tertiary/aromatic N) is 1. The molecule has 2 atom stereocenters. The number of carbonyl (C=O) groups excluding carboxylic acids is 2. The summed E-state index contributed by atoms with van der Waals surface area (Å²) >= 11 is 0. The molecule has 0 bridgehead atoms. The highest BCUT2D eigenvalue weighted by atomic mass is 16.4. The second kappa shape index (κ2) is 6.37. The topological polar surface area (TPSA) is 86.7 Å². The summed E-state index contributed by atoms with van der Waals surface area (Å²) in [6.45, 7) is 4.53. The van der Waals surface area contributed by atoms with Crippen LogP contribution in [0.3, 0.4) is 0 Å². The normalized spacial score (nSPS) is 21.9. The Bertz CT molecular complexity index is 343. The average Bonchev–Trinajstić information content (AvgIpc) is 2.23. The summed E-state index contributed by atoms with van der Waals surface area (Å²) in [6, 6.07) is 0. The fourth-order valence-corrected chi connectivity index (χ4v) is 2.10. The monoisotopic (exact) mass is 256 g/mol. The Kier molecular flexibility index (Phi) is 5.12. The van der Waals surface area contributed by atoms with Gasteiger partial charge >= 0.3 is 5.97 Å². The van der Waals surface area contributed by atoms with Crippen molar-refractivity contribution in [2.24, 2.45) is 11.8 Å². The van der Waals surface area contributed by atoms with Gasteiger partial charge in [0.1, 0.15) is 0 Å². The first-order chi connectivity index (χ1) is 8.51. The van der Waals surface area contributed by atoms with E-state index < -0.39 is 17.8 Å². The highest BCUT2D eigenvalue weighted by Gasteiger charge is 2.43. The van der Waals surface area contributed by atoms with Crippen molar-refractivity contribution in [1.82, 2.24) is 10.2 Å². The first-order valence-corrected chi connectivity index (χ1v) is 6.29. The number of hydrogen-bond acceptors (Lipinski definition) is 3. The van der Waals surface area contributed by atoms with Crippen molar-refractivity contribution >= 4 is 17.8 Å². The summed E-state index contributed by atoms with van der Waals surface area (Å²) in [4.78, 5) is 35.8. The molecule has 0 saturated heterocycles. The van der Waals surface area contributed by atoms with E-state index >= 15 is 0 Å². The number of hydrogen-bond donors (Lipinski definition) is 2. The van der Waals surface area contributed by atoms with Crippen LogP contribution in [0, 0.1) is 11.8 Å². The van der Waals surface area contributed by atoms with Crippen molar-refractivity contribution in [3.63, 3.8) is 0 Å². The number of likely N-dealkylation sites (N-methyl/N-ethyl adjacent to an activating group) is 2. The van der Waals surface area contributed by atoms with Gasteiger partial charge in [-0.2, -0.15) is 0 Å². The Morgan fingerprint density at radius 3 is 2.22 bits per heavy atom. The molecule has 1 aliphatic rings. The third kappa shape index (κ3) is 3.21. The smallest absolute Gasteiger partial charge is 0.307 e. The van der Waals surface area contributed by atoms with Gasteiger partial charge in [0.05, 0.1) is 18.4 Å². The van der Waals surface area contributed by atoms with E-state index in [-0.39, 0.29) is 18.4 Å². The highest BCUT2D eigenvalue weighted by molar-refractivity contribution is 5.89. The van der Waals surface area contributed by atoms with Crippen LogP contribution >= 0.6 is 0 Å². The molecule has 1 aliphatic carbocycles. The van der Waals surface area contributed by atoms with Crippen LogP contribution in [0.5, 0.6) is 0 Å². The Labute approximate surface area is 106 Å². The van der Waals surface area contributed by atoms with Gasteiger partial charge < -0.3 is 15.3 Å². The standard InChI is InChI=1S/C12H20N2O4/c1-3-13-10(15)7-14(4-2)11(16)8-5-6-9(8)12(17)18/h8-9H,3-7H2,1-2H3,(H,13,15)(H,17,18). The predicted molar refractivity (Wildman–Crippen MR) is 64.8 cm³/mol. The molecule has 0 spiro atoms. The van der Waals surface area contributed by atoms with Crippen molar-refractivity contribution in [1.29, 1.82) is 0 Å². The van der Waals surface area contributed by atoms with E-state index in [0.29, 0.717) is 25.9 Å². The van der Waals surface area contributed by atoms with Gasteiger partial charge in [-0.05, 0) is 26.7 Å². The third-order valence-corrected chi connectivity index (χ3v) is 3.31. The van der Waals surface area contributed by atoms with Crippen LogP contribution in [0.25, 0.3) is 0 Å². The van der Waals surface area contributed by atoms with Gasteiger partial charge in [0.15, 0.2) is 0 Å². The van der Waals surface area contributed by atoms with E-state index in [1.165, 1.54) is 4.90 Å². The van der Waals surface area contributed by atoms with E-state index in [4.69, 9.17) is 5.11 Å². The van der Waals surface area contributed by atoms with Gasteiger partial charge in [-0.1, -0.05) is 0 Å². The summed E-state index contributed by atoms with van der Waals surface area (Å²) in [5.41, 5.74) is 0. The van der Waals surface area contributed by atoms with Crippen LogP contribution < -0.4 is 5.32 Å². The molecule has 6 nitrogen and oxygen atoms in total. The molecule has 0 aliphatic heterocycles. The van der Waals surface area contributed by atoms with Gasteiger partial charge in [-0.3, -0.25) is 14.4 Å². The fourth-order valence-electron chi connectivity index (χ4n) is 2.10. The first kappa shape index (κ1) is 14.5. The lowest BCUT2D eigenvalue weighted by atomic mass is 9.73. The molecule has 0 heterocycles. The molecule has 18 heavy (non-hydrogen) atoms. The minimum absolute atomic E-state index is 0.00596. The second-order valence-corrected chi connectivity index (χ2v) is 4.43. The van der Waals surface area contributed by atoms with Crippen molar-refractivity contribution in [2.45, 2.75) is 26.7 Å². The summed E-state index contributed by atoms with van der Waals surface area (Å²) in [5, 5.41) is 11.5. The molecule has 0 aromatic heterocycles. The van der Waals surface area contributed by atoms with Gasteiger partial charge in [-0.15, -0.1) is 0 Å². The molecule has 2 N–H and O–H groups in total. The number of amides is 2. The van der Waals surface area contributed by atoms with E-state index in [1.807, 2.05) is 6.92 Å². The summed E-state index contributed by atoms with van der Waals surface area (Å²) in [6.07, 6.45) is 1.14. The average molecular weight is 256 g/mol. The first-order valence-electron chi connectivity index (χ1n) is 6.29. The Morgan fingerprint density at radius 2 is 1.83 bits per heavy atom. The number of carbonyl (C=O) groups is 3. The molecule has 2 amide bonds. The Balaban J connectivity index is 2.57. The summed E-state index contributed by atoms with van der Waals surface area (Å²) in [7, 11) is 0. The summed E-state index contributed by atoms with van der Waals surface area (Å²) < 4.78 is 0. The van der Waals surface area contributed by atoms with Crippen molar-refractivity contribution in [2.75, 3.05) is 19.6 Å². The van der Waals surface area contributed by atoms with Crippen LogP contribution in [0.1, 0.15) is 26.7 Å². The van der Waals surface area contributed by atoms with Gasteiger partial charge in [-0.25, -0.2) is 0 Å². The molecule has 1 rings (SSSR count).